The molecule has 0 fully saturated rings. The molecule has 3 rings (SSSR count). The van der Waals surface area contributed by atoms with Crippen LogP contribution in [0.1, 0.15) is 28.3 Å². The van der Waals surface area contributed by atoms with Crippen molar-refractivity contribution in [1.29, 1.82) is 0 Å². The van der Waals surface area contributed by atoms with Gasteiger partial charge in [-0.15, -0.1) is 0 Å². The highest BCUT2D eigenvalue weighted by Crippen LogP contribution is 2.26. The summed E-state index contributed by atoms with van der Waals surface area (Å²) in [5.74, 6) is -0.105. The first kappa shape index (κ1) is 14.0. The second-order valence-electron chi connectivity index (χ2n) is 5.30. The monoisotopic (exact) mass is 287 g/mol. The predicted molar refractivity (Wildman–Crippen MR) is 78.5 cm³/mol. The molecule has 1 heterocycles. The molecule has 1 unspecified atom stereocenters. The number of nitrogens with two attached hydrogens (primary N) is 1. The summed E-state index contributed by atoms with van der Waals surface area (Å²) >= 11 is 0. The van der Waals surface area contributed by atoms with E-state index in [0.717, 1.165) is 11.1 Å². The second-order valence-corrected chi connectivity index (χ2v) is 5.30. The van der Waals surface area contributed by atoms with Crippen molar-refractivity contribution in [2.75, 3.05) is 7.11 Å². The van der Waals surface area contributed by atoms with E-state index in [-0.39, 0.29) is 17.6 Å². The molecule has 0 amide bonds. The molecule has 2 N–H and O–H groups in total. The van der Waals surface area contributed by atoms with Gasteiger partial charge in [-0.3, -0.25) is 0 Å². The highest BCUT2D eigenvalue weighted by atomic mass is 19.1. The van der Waals surface area contributed by atoms with Gasteiger partial charge in [-0.25, -0.2) is 4.39 Å². The van der Waals surface area contributed by atoms with E-state index in [4.69, 9.17) is 15.2 Å². The number of methoxy groups -OCH3 is 1. The van der Waals surface area contributed by atoms with Crippen molar-refractivity contribution >= 4 is 0 Å². The number of rotatable bonds is 4. The maximum absolute atomic E-state index is 13.7. The summed E-state index contributed by atoms with van der Waals surface area (Å²) in [6.45, 7) is 1.32. The van der Waals surface area contributed by atoms with Crippen molar-refractivity contribution in [3.63, 3.8) is 0 Å². The fraction of sp³-hybridized carbons (Fsp3) is 0.294. The van der Waals surface area contributed by atoms with E-state index in [9.17, 15) is 4.39 Å². The molecule has 0 bridgehead atoms. The molecule has 1 aliphatic rings. The van der Waals surface area contributed by atoms with Crippen LogP contribution in [-0.4, -0.2) is 7.11 Å². The van der Waals surface area contributed by atoms with Crippen LogP contribution in [0.5, 0.6) is 5.75 Å². The molecule has 1 aliphatic heterocycles. The Morgan fingerprint density at radius 1 is 1.19 bits per heavy atom. The van der Waals surface area contributed by atoms with Crippen molar-refractivity contribution in [2.24, 2.45) is 5.73 Å². The third-order valence-corrected chi connectivity index (χ3v) is 3.85. The van der Waals surface area contributed by atoms with Gasteiger partial charge in [-0.05, 0) is 40.8 Å². The number of hydrogen-bond acceptors (Lipinski definition) is 3. The fourth-order valence-corrected chi connectivity index (χ4v) is 2.63. The van der Waals surface area contributed by atoms with Crippen molar-refractivity contribution < 1.29 is 13.9 Å². The Kier molecular flexibility index (Phi) is 3.90. The zero-order chi connectivity index (χ0) is 14.8. The standard InChI is InChI=1S/C17H18FNO2/c1-20-17-5-2-11(6-15(17)18)7-16(19)12-3-4-13-9-21-10-14(13)8-12/h2-6,8,16H,7,9-10,19H2,1H3. The number of benzene rings is 2. The van der Waals surface area contributed by atoms with E-state index in [1.807, 2.05) is 12.1 Å². The SMILES string of the molecule is COc1ccc(CC(N)c2ccc3c(c2)COC3)cc1F. The lowest BCUT2D eigenvalue weighted by atomic mass is 9.96. The zero-order valence-electron chi connectivity index (χ0n) is 11.9. The highest BCUT2D eigenvalue weighted by Gasteiger charge is 2.15. The van der Waals surface area contributed by atoms with Gasteiger partial charge in [0.25, 0.3) is 0 Å². The summed E-state index contributed by atoms with van der Waals surface area (Å²) in [5, 5.41) is 0. The van der Waals surface area contributed by atoms with Gasteiger partial charge in [0.1, 0.15) is 0 Å². The molecule has 110 valence electrons. The summed E-state index contributed by atoms with van der Waals surface area (Å²) in [6.07, 6.45) is 0.584. The Balaban J connectivity index is 1.76. The maximum Gasteiger partial charge on any atom is 0.165 e. The topological polar surface area (TPSA) is 44.5 Å². The zero-order valence-corrected chi connectivity index (χ0v) is 11.9. The van der Waals surface area contributed by atoms with Gasteiger partial charge in [-0.2, -0.15) is 0 Å². The molecule has 4 heteroatoms. The second kappa shape index (κ2) is 5.84. The fourth-order valence-electron chi connectivity index (χ4n) is 2.63. The quantitative estimate of drug-likeness (QED) is 0.939. The molecule has 2 aromatic rings. The van der Waals surface area contributed by atoms with E-state index >= 15 is 0 Å². The minimum absolute atomic E-state index is 0.163. The van der Waals surface area contributed by atoms with E-state index in [0.29, 0.717) is 19.6 Å². The third-order valence-electron chi connectivity index (χ3n) is 3.85. The number of ether oxygens (including phenoxy) is 2. The van der Waals surface area contributed by atoms with E-state index in [1.165, 1.54) is 24.3 Å². The van der Waals surface area contributed by atoms with Crippen LogP contribution in [0.4, 0.5) is 4.39 Å². The van der Waals surface area contributed by atoms with Gasteiger partial charge >= 0.3 is 0 Å². The first-order valence-corrected chi connectivity index (χ1v) is 6.95. The van der Waals surface area contributed by atoms with Gasteiger partial charge in [0.2, 0.25) is 0 Å². The molecule has 3 nitrogen and oxygen atoms in total. The van der Waals surface area contributed by atoms with E-state index < -0.39 is 0 Å². The molecule has 0 spiro atoms. The van der Waals surface area contributed by atoms with Crippen molar-refractivity contribution in [2.45, 2.75) is 25.7 Å². The lowest BCUT2D eigenvalue weighted by Crippen LogP contribution is -2.14. The minimum Gasteiger partial charge on any atom is -0.494 e. The van der Waals surface area contributed by atoms with Crippen LogP contribution in [0.15, 0.2) is 36.4 Å². The Bertz CT molecular complexity index is 657. The minimum atomic E-state index is -0.357. The molecule has 0 radical (unpaired) electrons. The van der Waals surface area contributed by atoms with Gasteiger partial charge in [0, 0.05) is 6.04 Å². The van der Waals surface area contributed by atoms with Crippen molar-refractivity contribution in [1.82, 2.24) is 0 Å². The maximum atomic E-state index is 13.7. The summed E-state index contributed by atoms with van der Waals surface area (Å²) in [5.41, 5.74) is 10.6. The smallest absolute Gasteiger partial charge is 0.165 e. The van der Waals surface area contributed by atoms with Crippen LogP contribution < -0.4 is 10.5 Å². The van der Waals surface area contributed by atoms with E-state index in [1.54, 1.807) is 6.07 Å². The van der Waals surface area contributed by atoms with Crippen LogP contribution in [0, 0.1) is 5.82 Å². The molecule has 2 aromatic carbocycles. The number of hydrogen-bond donors (Lipinski definition) is 1. The van der Waals surface area contributed by atoms with E-state index in [2.05, 4.69) is 12.1 Å². The molecule has 0 aliphatic carbocycles. The highest BCUT2D eigenvalue weighted by molar-refractivity contribution is 5.36. The third kappa shape index (κ3) is 2.91. The average Bonchev–Trinajstić information content (AvgIpc) is 2.94. The first-order valence-electron chi connectivity index (χ1n) is 6.95. The lowest BCUT2D eigenvalue weighted by Gasteiger charge is -2.14. The molecular formula is C17H18FNO2. The average molecular weight is 287 g/mol. The molecule has 0 saturated heterocycles. The summed E-state index contributed by atoms with van der Waals surface area (Å²) in [7, 11) is 1.45. The Morgan fingerprint density at radius 2 is 2.00 bits per heavy atom. The largest absolute Gasteiger partial charge is 0.494 e. The van der Waals surface area contributed by atoms with Gasteiger partial charge in [0.15, 0.2) is 11.6 Å². The molecule has 0 saturated carbocycles. The summed E-state index contributed by atoms with van der Waals surface area (Å²) in [4.78, 5) is 0. The number of halogens is 1. The van der Waals surface area contributed by atoms with Crippen LogP contribution in [0.25, 0.3) is 0 Å². The van der Waals surface area contributed by atoms with Crippen LogP contribution in [-0.2, 0) is 24.4 Å². The lowest BCUT2D eigenvalue weighted by molar-refractivity contribution is 0.134. The summed E-state index contributed by atoms with van der Waals surface area (Å²) < 4.78 is 24.0. The van der Waals surface area contributed by atoms with Crippen LogP contribution in [0.2, 0.25) is 0 Å². The predicted octanol–water partition coefficient (Wildman–Crippen LogP) is 3.11. The van der Waals surface area contributed by atoms with Crippen LogP contribution >= 0.6 is 0 Å². The van der Waals surface area contributed by atoms with Gasteiger partial charge < -0.3 is 15.2 Å². The Hall–Kier alpha value is -1.91. The normalized spacial score (nSPS) is 14.8. The van der Waals surface area contributed by atoms with Crippen molar-refractivity contribution in [3.05, 3.63) is 64.5 Å². The molecular weight excluding hydrogens is 269 g/mol. The molecule has 21 heavy (non-hydrogen) atoms. The van der Waals surface area contributed by atoms with Gasteiger partial charge in [0.05, 0.1) is 20.3 Å². The number of fused-ring (bicyclic) bond motifs is 1. The Morgan fingerprint density at radius 3 is 2.76 bits per heavy atom. The first-order chi connectivity index (χ1) is 10.2. The van der Waals surface area contributed by atoms with Crippen LogP contribution in [0.3, 0.4) is 0 Å². The Labute approximate surface area is 123 Å². The van der Waals surface area contributed by atoms with Gasteiger partial charge in [-0.1, -0.05) is 24.3 Å². The molecule has 1 atom stereocenters. The van der Waals surface area contributed by atoms with Crippen molar-refractivity contribution in [3.8, 4) is 5.75 Å². The summed E-state index contributed by atoms with van der Waals surface area (Å²) in [6, 6.07) is 11.0. The molecule has 0 aromatic heterocycles.